The number of hydrogen-bond acceptors (Lipinski definition) is 4. The van der Waals surface area contributed by atoms with Crippen LogP contribution in [-0.4, -0.2) is 28.0 Å². The molecule has 0 radical (unpaired) electrons. The number of benzene rings is 1. The van der Waals surface area contributed by atoms with Crippen molar-refractivity contribution in [3.05, 3.63) is 22.7 Å². The maximum atomic E-state index is 12.3. The van der Waals surface area contributed by atoms with Crippen molar-refractivity contribution >= 4 is 31.9 Å². The van der Waals surface area contributed by atoms with Crippen molar-refractivity contribution in [1.29, 1.82) is 0 Å². The van der Waals surface area contributed by atoms with E-state index < -0.39 is 21.3 Å². The molecule has 0 aliphatic rings. The van der Waals surface area contributed by atoms with Crippen LogP contribution >= 0.6 is 15.9 Å². The van der Waals surface area contributed by atoms with Crippen molar-refractivity contribution in [3.63, 3.8) is 0 Å². The number of carbonyl (C=O) groups is 1. The van der Waals surface area contributed by atoms with Gasteiger partial charge in [0.25, 0.3) is 0 Å². The summed E-state index contributed by atoms with van der Waals surface area (Å²) in [6.07, 6.45) is 0. The third kappa shape index (κ3) is 3.94. The monoisotopic (exact) mass is 364 g/mol. The topological polar surface area (TPSA) is 98.5 Å². The maximum absolute atomic E-state index is 12.3. The van der Waals surface area contributed by atoms with Gasteiger partial charge in [0.2, 0.25) is 15.9 Å². The highest BCUT2D eigenvalue weighted by Gasteiger charge is 2.28. The van der Waals surface area contributed by atoms with Crippen LogP contribution in [0.3, 0.4) is 0 Å². The van der Waals surface area contributed by atoms with Crippen LogP contribution in [0.15, 0.2) is 27.6 Å². The Morgan fingerprint density at radius 1 is 1.45 bits per heavy atom. The van der Waals surface area contributed by atoms with Crippen LogP contribution in [0.4, 0.5) is 0 Å². The molecule has 0 spiro atoms. The second kappa shape index (κ2) is 6.11. The Hall–Kier alpha value is -1.12. The van der Waals surface area contributed by atoms with Gasteiger partial charge in [-0.1, -0.05) is 15.9 Å². The predicted molar refractivity (Wildman–Crippen MR) is 78.9 cm³/mol. The number of hydrogen-bond donors (Lipinski definition) is 2. The number of rotatable bonds is 6. The molecule has 0 aliphatic heterocycles. The average molecular weight is 365 g/mol. The van der Waals surface area contributed by atoms with Crippen LogP contribution in [0.2, 0.25) is 0 Å². The minimum atomic E-state index is -3.81. The molecule has 1 aromatic rings. The van der Waals surface area contributed by atoms with Gasteiger partial charge in [-0.15, -0.1) is 0 Å². The van der Waals surface area contributed by atoms with Crippen LogP contribution in [0.25, 0.3) is 0 Å². The van der Waals surface area contributed by atoms with Gasteiger partial charge in [0, 0.05) is 11.0 Å². The average Bonchev–Trinajstić information content (AvgIpc) is 2.36. The molecule has 6 nitrogen and oxygen atoms in total. The summed E-state index contributed by atoms with van der Waals surface area (Å²) in [6.45, 7) is 3.03. The molecule has 1 amide bonds. The first-order valence-corrected chi connectivity index (χ1v) is 8.01. The molecule has 0 atom stereocenters. The number of nitrogens with two attached hydrogens (primary N) is 1. The molecule has 0 aromatic heterocycles. The van der Waals surface area contributed by atoms with Crippen LogP contribution in [-0.2, 0) is 14.8 Å². The largest absolute Gasteiger partial charge is 0.495 e. The summed E-state index contributed by atoms with van der Waals surface area (Å²) in [5.41, 5.74) is 4.23. The van der Waals surface area contributed by atoms with Gasteiger partial charge < -0.3 is 10.5 Å². The Bertz CT molecular complexity index is 614. The summed E-state index contributed by atoms with van der Waals surface area (Å²) in [7, 11) is -2.42. The Kier molecular flexibility index (Phi) is 5.17. The number of sulfonamides is 1. The number of carbonyl (C=O) groups excluding carboxylic acids is 1. The van der Waals surface area contributed by atoms with E-state index in [0.717, 1.165) is 0 Å². The summed E-state index contributed by atoms with van der Waals surface area (Å²) in [6, 6.07) is 4.64. The second-order valence-corrected chi connectivity index (χ2v) is 7.52. The van der Waals surface area contributed by atoms with Gasteiger partial charge in [-0.05, 0) is 32.0 Å². The lowest BCUT2D eigenvalue weighted by atomic mass is 9.93. The minimum absolute atomic E-state index is 0.00496. The van der Waals surface area contributed by atoms with E-state index in [1.165, 1.54) is 19.2 Å². The number of halogens is 1. The zero-order valence-electron chi connectivity index (χ0n) is 11.4. The van der Waals surface area contributed by atoms with Gasteiger partial charge in [0.15, 0.2) is 0 Å². The molecule has 0 aliphatic carbocycles. The lowest BCUT2D eigenvalue weighted by Crippen LogP contribution is -2.42. The third-order valence-corrected chi connectivity index (χ3v) is 4.70. The smallest absolute Gasteiger partial charge is 0.244 e. The van der Waals surface area contributed by atoms with Crippen molar-refractivity contribution in [3.8, 4) is 5.75 Å². The Labute approximate surface area is 126 Å². The standard InChI is InChI=1S/C12H17BrN2O4S/c1-12(2,11(14)16)7-15-20(17,18)10-6-8(13)4-5-9(10)19-3/h4-6,15H,7H2,1-3H3,(H2,14,16). The molecule has 0 unspecified atom stereocenters. The van der Waals surface area contributed by atoms with E-state index in [2.05, 4.69) is 20.7 Å². The quantitative estimate of drug-likeness (QED) is 0.793. The first-order chi connectivity index (χ1) is 9.10. The van der Waals surface area contributed by atoms with E-state index in [9.17, 15) is 13.2 Å². The fourth-order valence-corrected chi connectivity index (χ4v) is 3.22. The minimum Gasteiger partial charge on any atom is -0.495 e. The highest BCUT2D eigenvalue weighted by atomic mass is 79.9. The van der Waals surface area contributed by atoms with Crippen molar-refractivity contribution in [2.45, 2.75) is 18.7 Å². The van der Waals surface area contributed by atoms with Crippen molar-refractivity contribution in [1.82, 2.24) is 4.72 Å². The molecule has 20 heavy (non-hydrogen) atoms. The molecule has 0 saturated carbocycles. The van der Waals surface area contributed by atoms with E-state index in [1.54, 1.807) is 19.9 Å². The van der Waals surface area contributed by atoms with Crippen molar-refractivity contribution in [2.75, 3.05) is 13.7 Å². The number of methoxy groups -OCH3 is 1. The molecule has 0 fully saturated rings. The number of ether oxygens (including phenoxy) is 1. The van der Waals surface area contributed by atoms with Gasteiger partial charge >= 0.3 is 0 Å². The van der Waals surface area contributed by atoms with Crippen LogP contribution in [0.1, 0.15) is 13.8 Å². The number of amides is 1. The lowest BCUT2D eigenvalue weighted by Gasteiger charge is -2.21. The summed E-state index contributed by atoms with van der Waals surface area (Å²) < 4.78 is 32.5. The van der Waals surface area contributed by atoms with Crippen LogP contribution in [0.5, 0.6) is 5.75 Å². The highest BCUT2D eigenvalue weighted by Crippen LogP contribution is 2.27. The zero-order valence-corrected chi connectivity index (χ0v) is 13.8. The van der Waals surface area contributed by atoms with Gasteiger partial charge in [0.1, 0.15) is 10.6 Å². The maximum Gasteiger partial charge on any atom is 0.244 e. The first-order valence-electron chi connectivity index (χ1n) is 5.73. The van der Waals surface area contributed by atoms with Crippen LogP contribution < -0.4 is 15.2 Å². The number of primary amides is 1. The first kappa shape index (κ1) is 16.9. The molecule has 112 valence electrons. The molecule has 3 N–H and O–H groups in total. The van der Waals surface area contributed by atoms with Crippen molar-refractivity contribution < 1.29 is 17.9 Å². The fourth-order valence-electron chi connectivity index (χ4n) is 1.30. The molecular formula is C12H17BrN2O4S. The molecule has 8 heteroatoms. The third-order valence-electron chi connectivity index (χ3n) is 2.79. The van der Waals surface area contributed by atoms with E-state index in [-0.39, 0.29) is 17.2 Å². The summed E-state index contributed by atoms with van der Waals surface area (Å²) in [5, 5.41) is 0. The molecule has 0 heterocycles. The highest BCUT2D eigenvalue weighted by molar-refractivity contribution is 9.10. The predicted octanol–water partition coefficient (Wildman–Crippen LogP) is 1.25. The molecule has 0 bridgehead atoms. The molecule has 1 rings (SSSR count). The van der Waals surface area contributed by atoms with E-state index in [1.807, 2.05) is 0 Å². The molecular weight excluding hydrogens is 348 g/mol. The Balaban J connectivity index is 3.06. The molecule has 0 saturated heterocycles. The van der Waals surface area contributed by atoms with Gasteiger partial charge in [0.05, 0.1) is 12.5 Å². The zero-order chi connectivity index (χ0) is 15.6. The van der Waals surface area contributed by atoms with Gasteiger partial charge in [-0.25, -0.2) is 13.1 Å². The fraction of sp³-hybridized carbons (Fsp3) is 0.417. The number of nitrogens with one attached hydrogen (secondary N) is 1. The van der Waals surface area contributed by atoms with Crippen molar-refractivity contribution in [2.24, 2.45) is 11.1 Å². The Morgan fingerprint density at radius 2 is 2.05 bits per heavy atom. The van der Waals surface area contributed by atoms with E-state index in [4.69, 9.17) is 10.5 Å². The summed E-state index contributed by atoms with van der Waals surface area (Å²) in [4.78, 5) is 11.2. The second-order valence-electron chi connectivity index (χ2n) is 4.87. The van der Waals surface area contributed by atoms with E-state index >= 15 is 0 Å². The normalized spacial score (nSPS) is 12.2. The summed E-state index contributed by atoms with van der Waals surface area (Å²) >= 11 is 3.21. The summed E-state index contributed by atoms with van der Waals surface area (Å²) in [5.74, 6) is -0.362. The van der Waals surface area contributed by atoms with Crippen LogP contribution in [0, 0.1) is 5.41 Å². The van der Waals surface area contributed by atoms with E-state index in [0.29, 0.717) is 4.47 Å². The van der Waals surface area contributed by atoms with Gasteiger partial charge in [-0.2, -0.15) is 0 Å². The molecule has 1 aromatic carbocycles. The Morgan fingerprint density at radius 3 is 2.55 bits per heavy atom. The lowest BCUT2D eigenvalue weighted by molar-refractivity contribution is -0.125. The van der Waals surface area contributed by atoms with Gasteiger partial charge in [-0.3, -0.25) is 4.79 Å². The SMILES string of the molecule is COc1ccc(Br)cc1S(=O)(=O)NCC(C)(C)C(N)=O.